The van der Waals surface area contributed by atoms with Crippen molar-refractivity contribution in [1.82, 2.24) is 0 Å². The molecule has 0 aliphatic carbocycles. The van der Waals surface area contributed by atoms with Crippen molar-refractivity contribution < 1.29 is 22.7 Å². The van der Waals surface area contributed by atoms with Crippen LogP contribution >= 0.6 is 0 Å². The van der Waals surface area contributed by atoms with Crippen LogP contribution in [-0.4, -0.2) is 38.3 Å². The summed E-state index contributed by atoms with van der Waals surface area (Å²) in [7, 11) is -3.17. The minimum absolute atomic E-state index is 0.0451. The molecule has 1 aliphatic rings. The molecule has 1 unspecified atom stereocenters. The molecule has 0 aromatic heterocycles. The lowest BCUT2D eigenvalue weighted by molar-refractivity contribution is -0.150. The van der Waals surface area contributed by atoms with E-state index in [1.165, 1.54) is 6.92 Å². The summed E-state index contributed by atoms with van der Waals surface area (Å²) in [5.41, 5.74) is -1.22. The largest absolute Gasteiger partial charge is 0.465 e. The normalized spacial score (nSPS) is 24.7. The lowest BCUT2D eigenvalue weighted by Gasteiger charge is -2.20. The number of ketones is 1. The Morgan fingerprint density at radius 3 is 2.47 bits per heavy atom. The number of rotatable bonds is 6. The van der Waals surface area contributed by atoms with Crippen molar-refractivity contribution in [2.45, 2.75) is 33.1 Å². The standard InChI is InChI=1S/C11H18O5S/c1-3-7-17(14,15)8-5-11(9(2)12)4-6-16-10(11)13/h3-8H2,1-2H3. The van der Waals surface area contributed by atoms with E-state index in [0.717, 1.165) is 0 Å². The van der Waals surface area contributed by atoms with Crippen LogP contribution in [-0.2, 0) is 24.2 Å². The van der Waals surface area contributed by atoms with Crippen LogP contribution in [0.5, 0.6) is 0 Å². The third-order valence-corrected chi connectivity index (χ3v) is 5.04. The molecule has 1 saturated heterocycles. The number of ether oxygens (including phenoxy) is 1. The van der Waals surface area contributed by atoms with Gasteiger partial charge in [0, 0.05) is 12.2 Å². The molecular weight excluding hydrogens is 244 g/mol. The molecule has 0 radical (unpaired) electrons. The van der Waals surface area contributed by atoms with E-state index in [1.54, 1.807) is 6.92 Å². The molecule has 0 spiro atoms. The van der Waals surface area contributed by atoms with Gasteiger partial charge in [0.05, 0.1) is 12.4 Å². The Hall–Kier alpha value is -0.910. The Morgan fingerprint density at radius 2 is 2.06 bits per heavy atom. The van der Waals surface area contributed by atoms with Gasteiger partial charge in [-0.3, -0.25) is 9.59 Å². The molecule has 0 aromatic rings. The fourth-order valence-corrected chi connectivity index (χ4v) is 3.51. The van der Waals surface area contributed by atoms with Crippen molar-refractivity contribution in [3.63, 3.8) is 0 Å². The summed E-state index contributed by atoms with van der Waals surface area (Å²) in [5, 5.41) is 0. The summed E-state index contributed by atoms with van der Waals surface area (Å²) in [6, 6.07) is 0. The Kier molecular flexibility index (Phi) is 4.30. The van der Waals surface area contributed by atoms with Crippen LogP contribution in [0.25, 0.3) is 0 Å². The fraction of sp³-hybridized carbons (Fsp3) is 0.818. The zero-order valence-corrected chi connectivity index (χ0v) is 11.0. The van der Waals surface area contributed by atoms with E-state index in [1.807, 2.05) is 0 Å². The molecule has 0 saturated carbocycles. The Labute approximate surface area is 101 Å². The van der Waals surface area contributed by atoms with E-state index < -0.39 is 21.2 Å². The number of cyclic esters (lactones) is 1. The van der Waals surface area contributed by atoms with Crippen molar-refractivity contribution in [3.8, 4) is 0 Å². The number of carbonyl (C=O) groups is 2. The van der Waals surface area contributed by atoms with Crippen LogP contribution in [0.1, 0.15) is 33.1 Å². The number of carbonyl (C=O) groups excluding carboxylic acids is 2. The Balaban J connectivity index is 2.77. The maximum atomic E-state index is 11.6. The van der Waals surface area contributed by atoms with Crippen LogP contribution in [0.15, 0.2) is 0 Å². The highest BCUT2D eigenvalue weighted by molar-refractivity contribution is 7.91. The molecule has 1 heterocycles. The molecule has 1 rings (SSSR count). The Bertz CT molecular complexity index is 412. The van der Waals surface area contributed by atoms with Gasteiger partial charge < -0.3 is 4.74 Å². The number of hydrogen-bond donors (Lipinski definition) is 0. The van der Waals surface area contributed by atoms with Crippen molar-refractivity contribution in [1.29, 1.82) is 0 Å². The van der Waals surface area contributed by atoms with E-state index >= 15 is 0 Å². The van der Waals surface area contributed by atoms with Gasteiger partial charge in [-0.15, -0.1) is 0 Å². The lowest BCUT2D eigenvalue weighted by Crippen LogP contribution is -2.36. The minimum Gasteiger partial charge on any atom is -0.465 e. The number of sulfone groups is 1. The van der Waals surface area contributed by atoms with Crippen molar-refractivity contribution >= 4 is 21.6 Å². The third-order valence-electron chi connectivity index (χ3n) is 3.18. The molecule has 1 fully saturated rings. The van der Waals surface area contributed by atoms with Crippen LogP contribution < -0.4 is 0 Å². The highest BCUT2D eigenvalue weighted by Crippen LogP contribution is 2.35. The van der Waals surface area contributed by atoms with Gasteiger partial charge in [-0.1, -0.05) is 6.92 Å². The second kappa shape index (κ2) is 5.16. The van der Waals surface area contributed by atoms with E-state index in [9.17, 15) is 18.0 Å². The maximum Gasteiger partial charge on any atom is 0.319 e. The van der Waals surface area contributed by atoms with Crippen LogP contribution in [0.4, 0.5) is 0 Å². The molecule has 6 heteroatoms. The zero-order chi connectivity index (χ0) is 13.1. The van der Waals surface area contributed by atoms with Crippen molar-refractivity contribution in [3.05, 3.63) is 0 Å². The molecule has 98 valence electrons. The first-order valence-electron chi connectivity index (χ1n) is 5.73. The number of Topliss-reactive ketones (excluding diaryl/α,β-unsaturated/α-hetero) is 1. The van der Waals surface area contributed by atoms with Gasteiger partial charge >= 0.3 is 5.97 Å². The first kappa shape index (κ1) is 14.2. The van der Waals surface area contributed by atoms with Crippen molar-refractivity contribution in [2.24, 2.45) is 5.41 Å². The summed E-state index contributed by atoms with van der Waals surface area (Å²) in [4.78, 5) is 23.1. The first-order valence-corrected chi connectivity index (χ1v) is 7.55. The van der Waals surface area contributed by atoms with Gasteiger partial charge in [0.25, 0.3) is 0 Å². The summed E-state index contributed by atoms with van der Waals surface area (Å²) >= 11 is 0. The van der Waals surface area contributed by atoms with Gasteiger partial charge in [-0.25, -0.2) is 8.42 Å². The third kappa shape index (κ3) is 3.06. The Morgan fingerprint density at radius 1 is 1.41 bits per heavy atom. The molecule has 0 aromatic carbocycles. The highest BCUT2D eigenvalue weighted by Gasteiger charge is 2.48. The zero-order valence-electron chi connectivity index (χ0n) is 10.2. The SMILES string of the molecule is CCCS(=O)(=O)CCC1(C(C)=O)CCOC1=O. The lowest BCUT2D eigenvalue weighted by atomic mass is 9.80. The van der Waals surface area contributed by atoms with Crippen LogP contribution in [0, 0.1) is 5.41 Å². The second-order valence-corrected chi connectivity index (χ2v) is 6.73. The van der Waals surface area contributed by atoms with Crippen molar-refractivity contribution in [2.75, 3.05) is 18.1 Å². The van der Waals surface area contributed by atoms with E-state index in [2.05, 4.69) is 0 Å². The number of hydrogen-bond acceptors (Lipinski definition) is 5. The first-order chi connectivity index (χ1) is 7.84. The quantitative estimate of drug-likeness (QED) is 0.521. The average molecular weight is 262 g/mol. The van der Waals surface area contributed by atoms with E-state index in [4.69, 9.17) is 4.74 Å². The van der Waals surface area contributed by atoms with Gasteiger partial charge in [0.1, 0.15) is 21.0 Å². The molecule has 5 nitrogen and oxygen atoms in total. The van der Waals surface area contributed by atoms with Gasteiger partial charge in [-0.05, 0) is 19.8 Å². The van der Waals surface area contributed by atoms with Crippen LogP contribution in [0.3, 0.4) is 0 Å². The molecule has 0 bridgehead atoms. The van der Waals surface area contributed by atoms with Gasteiger partial charge in [-0.2, -0.15) is 0 Å². The molecule has 0 N–H and O–H groups in total. The monoisotopic (exact) mass is 262 g/mol. The van der Waals surface area contributed by atoms with E-state index in [0.29, 0.717) is 12.8 Å². The van der Waals surface area contributed by atoms with E-state index in [-0.39, 0.29) is 30.3 Å². The van der Waals surface area contributed by atoms with Gasteiger partial charge in [0.15, 0.2) is 0 Å². The molecule has 0 amide bonds. The highest BCUT2D eigenvalue weighted by atomic mass is 32.2. The van der Waals surface area contributed by atoms with Crippen LogP contribution in [0.2, 0.25) is 0 Å². The molecular formula is C11H18O5S. The molecule has 1 aliphatic heterocycles. The second-order valence-electron chi connectivity index (χ2n) is 4.43. The maximum absolute atomic E-state index is 11.6. The summed E-state index contributed by atoms with van der Waals surface area (Å²) in [6.45, 7) is 3.30. The predicted molar refractivity (Wildman–Crippen MR) is 62.3 cm³/mol. The average Bonchev–Trinajstić information content (AvgIpc) is 2.58. The fourth-order valence-electron chi connectivity index (χ4n) is 2.02. The molecule has 1 atom stereocenters. The summed E-state index contributed by atoms with van der Waals surface area (Å²) < 4.78 is 28.0. The number of esters is 1. The summed E-state index contributed by atoms with van der Waals surface area (Å²) in [6.07, 6.45) is 0.881. The molecule has 17 heavy (non-hydrogen) atoms. The predicted octanol–water partition coefficient (Wildman–Crippen LogP) is 0.724. The minimum atomic E-state index is -3.17. The topological polar surface area (TPSA) is 77.5 Å². The van der Waals surface area contributed by atoms with Gasteiger partial charge in [0.2, 0.25) is 0 Å². The smallest absolute Gasteiger partial charge is 0.319 e. The summed E-state index contributed by atoms with van der Waals surface area (Å²) in [5.74, 6) is -0.908.